The van der Waals surface area contributed by atoms with Gasteiger partial charge in [-0.3, -0.25) is 4.79 Å². The van der Waals surface area contributed by atoms with Crippen LogP contribution in [-0.4, -0.2) is 36.5 Å². The Bertz CT molecular complexity index is 500. The SMILES string of the molecule is O=C(NC1CN2CCC1CC2)c1cc(Br)ccc1Cl. The molecule has 5 heteroatoms. The second-order valence-corrected chi connectivity index (χ2v) is 6.67. The van der Waals surface area contributed by atoms with Crippen LogP contribution in [0.4, 0.5) is 0 Å². The molecule has 3 saturated heterocycles. The highest BCUT2D eigenvalue weighted by Gasteiger charge is 2.35. The molecule has 0 saturated carbocycles. The van der Waals surface area contributed by atoms with Crippen LogP contribution < -0.4 is 5.32 Å². The number of benzene rings is 1. The fraction of sp³-hybridized carbons (Fsp3) is 0.500. The third kappa shape index (κ3) is 2.81. The number of nitrogens with one attached hydrogen (secondary N) is 1. The van der Waals surface area contributed by atoms with E-state index in [1.54, 1.807) is 12.1 Å². The number of piperidine rings is 3. The van der Waals surface area contributed by atoms with Gasteiger partial charge in [0.15, 0.2) is 0 Å². The van der Waals surface area contributed by atoms with Gasteiger partial charge in [0, 0.05) is 17.1 Å². The Morgan fingerprint density at radius 3 is 2.74 bits per heavy atom. The van der Waals surface area contributed by atoms with E-state index in [1.807, 2.05) is 6.07 Å². The van der Waals surface area contributed by atoms with Crippen molar-refractivity contribution >= 4 is 33.4 Å². The molecule has 19 heavy (non-hydrogen) atoms. The normalized spacial score (nSPS) is 29.3. The first-order valence-corrected chi connectivity index (χ1v) is 7.79. The zero-order valence-corrected chi connectivity index (χ0v) is 12.9. The largest absolute Gasteiger partial charge is 0.348 e. The van der Waals surface area contributed by atoms with E-state index >= 15 is 0 Å². The standard InChI is InChI=1S/C14H16BrClN2O/c15-10-1-2-12(16)11(7-10)14(19)17-13-8-18-5-3-9(13)4-6-18/h1-2,7,9,13H,3-6,8H2,(H,17,19). The molecule has 1 amide bonds. The lowest BCUT2D eigenvalue weighted by Crippen LogP contribution is -2.57. The molecule has 4 rings (SSSR count). The van der Waals surface area contributed by atoms with E-state index in [4.69, 9.17) is 11.6 Å². The van der Waals surface area contributed by atoms with Crippen LogP contribution in [0.3, 0.4) is 0 Å². The van der Waals surface area contributed by atoms with Crippen molar-refractivity contribution < 1.29 is 4.79 Å². The summed E-state index contributed by atoms with van der Waals surface area (Å²) in [4.78, 5) is 14.8. The van der Waals surface area contributed by atoms with Crippen LogP contribution in [0.5, 0.6) is 0 Å². The summed E-state index contributed by atoms with van der Waals surface area (Å²) < 4.78 is 0.871. The monoisotopic (exact) mass is 342 g/mol. The van der Waals surface area contributed by atoms with Crippen LogP contribution in [0.2, 0.25) is 5.02 Å². The summed E-state index contributed by atoms with van der Waals surface area (Å²) >= 11 is 9.47. The fourth-order valence-electron chi connectivity index (χ4n) is 3.05. The van der Waals surface area contributed by atoms with Gasteiger partial charge in [0.05, 0.1) is 10.6 Å². The quantitative estimate of drug-likeness (QED) is 0.895. The Morgan fingerprint density at radius 1 is 1.37 bits per heavy atom. The number of hydrogen-bond acceptors (Lipinski definition) is 2. The molecule has 1 aromatic carbocycles. The first-order valence-electron chi connectivity index (χ1n) is 6.62. The Morgan fingerprint density at radius 2 is 2.11 bits per heavy atom. The van der Waals surface area contributed by atoms with Gasteiger partial charge in [-0.2, -0.15) is 0 Å². The lowest BCUT2D eigenvalue weighted by molar-refractivity contribution is 0.0620. The van der Waals surface area contributed by atoms with Gasteiger partial charge in [-0.05, 0) is 50.0 Å². The van der Waals surface area contributed by atoms with Crippen molar-refractivity contribution in [3.8, 4) is 0 Å². The van der Waals surface area contributed by atoms with Crippen LogP contribution in [0.15, 0.2) is 22.7 Å². The molecule has 2 bridgehead atoms. The molecule has 3 heterocycles. The Kier molecular flexibility index (Phi) is 3.83. The summed E-state index contributed by atoms with van der Waals surface area (Å²) in [5.41, 5.74) is 0.549. The minimum atomic E-state index is -0.0648. The molecule has 1 atom stereocenters. The predicted molar refractivity (Wildman–Crippen MR) is 79.6 cm³/mol. The zero-order chi connectivity index (χ0) is 13.4. The average Bonchev–Trinajstić information content (AvgIpc) is 2.43. The number of fused-ring (bicyclic) bond motifs is 3. The number of nitrogens with zero attached hydrogens (tertiary/aromatic N) is 1. The van der Waals surface area contributed by atoms with Crippen molar-refractivity contribution in [3.05, 3.63) is 33.3 Å². The number of halogens is 2. The lowest BCUT2D eigenvalue weighted by Gasteiger charge is -2.44. The highest BCUT2D eigenvalue weighted by atomic mass is 79.9. The Balaban J connectivity index is 1.73. The van der Waals surface area contributed by atoms with Crippen molar-refractivity contribution in [2.24, 2.45) is 5.92 Å². The fourth-order valence-corrected chi connectivity index (χ4v) is 3.61. The molecule has 0 aliphatic carbocycles. The lowest BCUT2D eigenvalue weighted by atomic mass is 9.84. The maximum absolute atomic E-state index is 12.3. The molecule has 3 aliphatic rings. The van der Waals surface area contributed by atoms with Gasteiger partial charge in [-0.25, -0.2) is 0 Å². The summed E-state index contributed by atoms with van der Waals surface area (Å²) in [5, 5.41) is 3.65. The van der Waals surface area contributed by atoms with E-state index in [2.05, 4.69) is 26.1 Å². The molecule has 3 nitrogen and oxygen atoms in total. The number of rotatable bonds is 2. The Hall–Kier alpha value is -0.580. The molecular weight excluding hydrogens is 328 g/mol. The number of carbonyl (C=O) groups is 1. The summed E-state index contributed by atoms with van der Waals surface area (Å²) in [6.07, 6.45) is 2.38. The molecule has 0 spiro atoms. The molecule has 3 fully saturated rings. The van der Waals surface area contributed by atoms with Crippen LogP contribution in [0, 0.1) is 5.92 Å². The van der Waals surface area contributed by atoms with Crippen LogP contribution >= 0.6 is 27.5 Å². The summed E-state index contributed by atoms with van der Waals surface area (Å²) in [6, 6.07) is 5.63. The van der Waals surface area contributed by atoms with Gasteiger partial charge in [-0.15, -0.1) is 0 Å². The van der Waals surface area contributed by atoms with E-state index in [0.717, 1.165) is 11.0 Å². The van der Waals surface area contributed by atoms with Gasteiger partial charge in [0.2, 0.25) is 0 Å². The van der Waals surface area contributed by atoms with Crippen LogP contribution in [-0.2, 0) is 0 Å². The molecular formula is C14H16BrClN2O. The first-order chi connectivity index (χ1) is 9.13. The Labute approximate surface area is 126 Å². The number of carbonyl (C=O) groups excluding carboxylic acids is 1. The topological polar surface area (TPSA) is 32.3 Å². The smallest absolute Gasteiger partial charge is 0.253 e. The van der Waals surface area contributed by atoms with E-state index in [1.165, 1.54) is 25.9 Å². The molecule has 3 aliphatic heterocycles. The zero-order valence-electron chi connectivity index (χ0n) is 10.5. The first kappa shape index (κ1) is 13.4. The molecule has 1 N–H and O–H groups in total. The van der Waals surface area contributed by atoms with E-state index in [-0.39, 0.29) is 11.9 Å². The van der Waals surface area contributed by atoms with Crippen molar-refractivity contribution in [1.29, 1.82) is 0 Å². The number of amides is 1. The highest BCUT2D eigenvalue weighted by molar-refractivity contribution is 9.10. The van der Waals surface area contributed by atoms with Crippen LogP contribution in [0.25, 0.3) is 0 Å². The third-order valence-corrected chi connectivity index (χ3v) is 4.97. The van der Waals surface area contributed by atoms with Gasteiger partial charge < -0.3 is 10.2 Å². The van der Waals surface area contributed by atoms with Crippen molar-refractivity contribution in [2.75, 3.05) is 19.6 Å². The maximum atomic E-state index is 12.3. The summed E-state index contributed by atoms with van der Waals surface area (Å²) in [5.74, 6) is 0.560. The average molecular weight is 344 g/mol. The second kappa shape index (κ2) is 5.43. The second-order valence-electron chi connectivity index (χ2n) is 5.34. The molecule has 0 radical (unpaired) electrons. The van der Waals surface area contributed by atoms with Crippen molar-refractivity contribution in [3.63, 3.8) is 0 Å². The predicted octanol–water partition coefficient (Wildman–Crippen LogP) is 2.93. The molecule has 102 valence electrons. The van der Waals surface area contributed by atoms with E-state index < -0.39 is 0 Å². The van der Waals surface area contributed by atoms with Crippen molar-refractivity contribution in [1.82, 2.24) is 10.2 Å². The minimum absolute atomic E-state index is 0.0648. The molecule has 1 aromatic rings. The molecule has 1 unspecified atom stereocenters. The summed E-state index contributed by atoms with van der Waals surface area (Å²) in [6.45, 7) is 3.32. The van der Waals surface area contributed by atoms with Gasteiger partial charge >= 0.3 is 0 Å². The van der Waals surface area contributed by atoms with Crippen LogP contribution in [0.1, 0.15) is 23.2 Å². The molecule has 0 aromatic heterocycles. The summed E-state index contributed by atoms with van der Waals surface area (Å²) in [7, 11) is 0. The maximum Gasteiger partial charge on any atom is 0.253 e. The van der Waals surface area contributed by atoms with E-state index in [0.29, 0.717) is 16.5 Å². The van der Waals surface area contributed by atoms with Gasteiger partial charge in [-0.1, -0.05) is 27.5 Å². The van der Waals surface area contributed by atoms with Crippen molar-refractivity contribution in [2.45, 2.75) is 18.9 Å². The van der Waals surface area contributed by atoms with E-state index in [9.17, 15) is 4.79 Å². The minimum Gasteiger partial charge on any atom is -0.348 e. The highest BCUT2D eigenvalue weighted by Crippen LogP contribution is 2.28. The number of hydrogen-bond donors (Lipinski definition) is 1. The third-order valence-electron chi connectivity index (χ3n) is 4.15. The van der Waals surface area contributed by atoms with Gasteiger partial charge in [0.1, 0.15) is 0 Å². The van der Waals surface area contributed by atoms with Gasteiger partial charge in [0.25, 0.3) is 5.91 Å².